The summed E-state index contributed by atoms with van der Waals surface area (Å²) < 4.78 is 10.4. The molecule has 0 amide bonds. The molecule has 0 saturated heterocycles. The number of esters is 1. The van der Waals surface area contributed by atoms with E-state index in [1.807, 2.05) is 24.3 Å². The third-order valence-corrected chi connectivity index (χ3v) is 5.39. The number of thioether (sulfide) groups is 1. The molecule has 1 aliphatic carbocycles. The van der Waals surface area contributed by atoms with Crippen molar-refractivity contribution >= 4 is 34.6 Å². The van der Waals surface area contributed by atoms with Crippen LogP contribution in [0.25, 0.3) is 11.1 Å². The number of carbonyl (C=O) groups is 2. The van der Waals surface area contributed by atoms with Gasteiger partial charge in [0.15, 0.2) is 11.4 Å². The van der Waals surface area contributed by atoms with Gasteiger partial charge in [-0.2, -0.15) is 0 Å². The Morgan fingerprint density at radius 2 is 2.12 bits per heavy atom. The number of methoxy groups -OCH3 is 1. The minimum Gasteiger partial charge on any atom is -0.465 e. The number of hydrogen-bond acceptors (Lipinski definition) is 6. The van der Waals surface area contributed by atoms with Crippen molar-refractivity contribution in [3.8, 4) is 0 Å². The monoisotopic (exact) mass is 353 g/mol. The van der Waals surface area contributed by atoms with Crippen LogP contribution >= 0.6 is 11.8 Å². The lowest BCUT2D eigenvalue weighted by atomic mass is 9.90. The number of ether oxygens (including phenoxy) is 1. The number of benzene rings is 2. The fourth-order valence-corrected chi connectivity index (χ4v) is 4.01. The molecular weight excluding hydrogens is 338 g/mol. The van der Waals surface area contributed by atoms with Crippen molar-refractivity contribution < 1.29 is 18.7 Å². The fourth-order valence-electron chi connectivity index (χ4n) is 3.01. The summed E-state index contributed by atoms with van der Waals surface area (Å²) in [7, 11) is 1.34. The van der Waals surface area contributed by atoms with Crippen LogP contribution < -0.4 is 0 Å². The molecule has 2 aromatic carbocycles. The van der Waals surface area contributed by atoms with Crippen LogP contribution in [0.5, 0.6) is 0 Å². The van der Waals surface area contributed by atoms with E-state index in [4.69, 9.17) is 9.15 Å². The Morgan fingerprint density at radius 3 is 2.96 bits per heavy atom. The number of nitrogens with zero attached hydrogens (tertiary/aromatic N) is 1. The molecule has 0 saturated carbocycles. The van der Waals surface area contributed by atoms with Crippen LogP contribution in [0, 0.1) is 0 Å². The van der Waals surface area contributed by atoms with Gasteiger partial charge in [-0.1, -0.05) is 36.0 Å². The Bertz CT molecular complexity index is 978. The zero-order valence-electron chi connectivity index (χ0n) is 13.5. The van der Waals surface area contributed by atoms with Gasteiger partial charge in [0.2, 0.25) is 0 Å². The van der Waals surface area contributed by atoms with Crippen LogP contribution in [-0.4, -0.2) is 29.1 Å². The van der Waals surface area contributed by atoms with Crippen molar-refractivity contribution in [2.24, 2.45) is 0 Å². The molecule has 126 valence electrons. The van der Waals surface area contributed by atoms with Gasteiger partial charge in [0.1, 0.15) is 5.52 Å². The van der Waals surface area contributed by atoms with E-state index in [1.54, 1.807) is 18.2 Å². The van der Waals surface area contributed by atoms with E-state index >= 15 is 0 Å². The van der Waals surface area contributed by atoms with Crippen LogP contribution in [0.3, 0.4) is 0 Å². The van der Waals surface area contributed by atoms with Gasteiger partial charge in [-0.05, 0) is 36.6 Å². The Labute approximate surface area is 148 Å². The van der Waals surface area contributed by atoms with E-state index in [1.165, 1.54) is 18.9 Å². The highest BCUT2D eigenvalue weighted by molar-refractivity contribution is 8.00. The molecule has 6 heteroatoms. The molecule has 1 atom stereocenters. The van der Waals surface area contributed by atoms with E-state index in [2.05, 4.69) is 4.98 Å². The predicted octanol–water partition coefficient (Wildman–Crippen LogP) is 3.90. The first-order valence-electron chi connectivity index (χ1n) is 7.93. The molecule has 1 aliphatic rings. The Morgan fingerprint density at radius 1 is 1.28 bits per heavy atom. The molecule has 0 radical (unpaired) electrons. The Hall–Kier alpha value is -2.60. The van der Waals surface area contributed by atoms with Crippen molar-refractivity contribution in [1.29, 1.82) is 0 Å². The van der Waals surface area contributed by atoms with E-state index in [-0.39, 0.29) is 11.0 Å². The zero-order valence-corrected chi connectivity index (χ0v) is 14.3. The average molecular weight is 353 g/mol. The largest absolute Gasteiger partial charge is 0.465 e. The molecule has 0 aliphatic heterocycles. The van der Waals surface area contributed by atoms with Gasteiger partial charge in [0.25, 0.3) is 5.22 Å². The molecule has 0 N–H and O–H groups in total. The number of ketones is 1. The number of hydrogen-bond donors (Lipinski definition) is 0. The molecule has 3 aromatic rings. The van der Waals surface area contributed by atoms with Gasteiger partial charge < -0.3 is 9.15 Å². The minimum atomic E-state index is -0.418. The van der Waals surface area contributed by atoms with Crippen molar-refractivity contribution in [1.82, 2.24) is 4.98 Å². The number of aromatic nitrogens is 1. The van der Waals surface area contributed by atoms with E-state index in [9.17, 15) is 9.59 Å². The highest BCUT2D eigenvalue weighted by Crippen LogP contribution is 2.34. The van der Waals surface area contributed by atoms with Gasteiger partial charge in [-0.15, -0.1) is 0 Å². The summed E-state index contributed by atoms with van der Waals surface area (Å²) in [6.45, 7) is 0. The van der Waals surface area contributed by atoms with Gasteiger partial charge in [0.05, 0.1) is 17.9 Å². The normalized spacial score (nSPS) is 16.7. The Kier molecular flexibility index (Phi) is 4.05. The average Bonchev–Trinajstić information content (AvgIpc) is 3.05. The standard InChI is InChI=1S/C19H15NO4S/c1-23-18(22)12-6-8-15-14(10-12)20-19(24-15)25-16-9-7-11-4-2-3-5-13(11)17(16)21/h2-6,8,10,16H,7,9H2,1H3. The maximum absolute atomic E-state index is 12.7. The highest BCUT2D eigenvalue weighted by atomic mass is 32.2. The molecule has 0 fully saturated rings. The lowest BCUT2D eigenvalue weighted by molar-refractivity contribution is 0.0600. The summed E-state index contributed by atoms with van der Waals surface area (Å²) >= 11 is 1.34. The summed E-state index contributed by atoms with van der Waals surface area (Å²) in [6.07, 6.45) is 1.62. The molecule has 25 heavy (non-hydrogen) atoms. The van der Waals surface area contributed by atoms with E-state index in [0.717, 1.165) is 24.0 Å². The van der Waals surface area contributed by atoms with Crippen molar-refractivity contribution in [2.75, 3.05) is 7.11 Å². The van der Waals surface area contributed by atoms with Gasteiger partial charge in [-0.3, -0.25) is 4.79 Å². The molecule has 1 aromatic heterocycles. The number of Topliss-reactive ketones (excluding diaryl/α,β-unsaturated/α-hetero) is 1. The first-order valence-corrected chi connectivity index (χ1v) is 8.81. The highest BCUT2D eigenvalue weighted by Gasteiger charge is 2.29. The molecule has 0 bridgehead atoms. The van der Waals surface area contributed by atoms with Gasteiger partial charge in [-0.25, -0.2) is 9.78 Å². The maximum Gasteiger partial charge on any atom is 0.337 e. The smallest absolute Gasteiger partial charge is 0.337 e. The lowest BCUT2D eigenvalue weighted by Gasteiger charge is -2.21. The maximum atomic E-state index is 12.7. The Balaban J connectivity index is 1.59. The first-order chi connectivity index (χ1) is 12.2. The predicted molar refractivity (Wildman–Crippen MR) is 94.1 cm³/mol. The molecule has 1 heterocycles. The number of aryl methyl sites for hydroxylation is 1. The van der Waals surface area contributed by atoms with E-state index in [0.29, 0.717) is 21.9 Å². The quantitative estimate of drug-likeness (QED) is 0.665. The van der Waals surface area contributed by atoms with Crippen LogP contribution in [-0.2, 0) is 11.2 Å². The molecule has 0 spiro atoms. The van der Waals surface area contributed by atoms with Crippen molar-refractivity contribution in [2.45, 2.75) is 23.3 Å². The summed E-state index contributed by atoms with van der Waals surface area (Å²) in [5, 5.41) is 0.234. The second-order valence-electron chi connectivity index (χ2n) is 5.82. The van der Waals surface area contributed by atoms with Crippen LogP contribution in [0.15, 0.2) is 52.1 Å². The number of carbonyl (C=O) groups excluding carboxylic acids is 2. The fraction of sp³-hybridized carbons (Fsp3) is 0.211. The van der Waals surface area contributed by atoms with Gasteiger partial charge in [0, 0.05) is 5.56 Å². The molecule has 4 rings (SSSR count). The van der Waals surface area contributed by atoms with E-state index < -0.39 is 5.97 Å². The third kappa shape index (κ3) is 2.93. The topological polar surface area (TPSA) is 69.4 Å². The second kappa shape index (κ2) is 6.37. The van der Waals surface area contributed by atoms with Crippen molar-refractivity contribution in [3.05, 3.63) is 59.2 Å². The number of rotatable bonds is 3. The molecule has 1 unspecified atom stereocenters. The van der Waals surface area contributed by atoms with Gasteiger partial charge >= 0.3 is 5.97 Å². The third-order valence-electron chi connectivity index (χ3n) is 4.28. The van der Waals surface area contributed by atoms with Crippen LogP contribution in [0.4, 0.5) is 0 Å². The molecular formula is C19H15NO4S. The summed E-state index contributed by atoms with van der Waals surface area (Å²) in [5.74, 6) is -0.303. The first kappa shape index (κ1) is 15.9. The molecule has 5 nitrogen and oxygen atoms in total. The minimum absolute atomic E-state index is 0.115. The van der Waals surface area contributed by atoms with Crippen LogP contribution in [0.2, 0.25) is 0 Å². The number of oxazole rings is 1. The van der Waals surface area contributed by atoms with Crippen molar-refractivity contribution in [3.63, 3.8) is 0 Å². The lowest BCUT2D eigenvalue weighted by Crippen LogP contribution is -2.24. The SMILES string of the molecule is COC(=O)c1ccc2oc(SC3CCc4ccccc4C3=O)nc2c1. The number of fused-ring (bicyclic) bond motifs is 2. The second-order valence-corrected chi connectivity index (χ2v) is 6.97. The summed E-state index contributed by atoms with van der Waals surface area (Å²) in [5.41, 5.74) is 3.47. The zero-order chi connectivity index (χ0) is 17.4. The summed E-state index contributed by atoms with van der Waals surface area (Å²) in [6, 6.07) is 12.7. The van der Waals surface area contributed by atoms with Crippen LogP contribution in [0.1, 0.15) is 32.7 Å². The summed E-state index contributed by atoms with van der Waals surface area (Å²) in [4.78, 5) is 28.7.